The average molecular weight is 436 g/mol. The first-order valence-corrected chi connectivity index (χ1v) is 10.8. The lowest BCUT2D eigenvalue weighted by Gasteiger charge is -2.28. The first-order chi connectivity index (χ1) is 16.1. The van der Waals surface area contributed by atoms with E-state index in [2.05, 4.69) is 0 Å². The molecule has 2 amide bonds. The van der Waals surface area contributed by atoms with Gasteiger partial charge in [-0.3, -0.25) is 14.4 Å². The zero-order chi connectivity index (χ0) is 22.5. The monoisotopic (exact) mass is 436 g/mol. The number of imide groups is 1. The van der Waals surface area contributed by atoms with Crippen LogP contribution in [0, 0.1) is 5.92 Å². The van der Waals surface area contributed by atoms with Crippen molar-refractivity contribution < 1.29 is 19.5 Å². The maximum atomic E-state index is 13.7. The van der Waals surface area contributed by atoms with Crippen molar-refractivity contribution in [2.45, 2.75) is 12.1 Å². The van der Waals surface area contributed by atoms with E-state index in [1.165, 1.54) is 4.90 Å². The third-order valence-electron chi connectivity index (χ3n) is 6.35. The van der Waals surface area contributed by atoms with Crippen molar-refractivity contribution in [1.29, 1.82) is 0 Å². The fourth-order valence-corrected chi connectivity index (χ4v) is 4.79. The minimum Gasteiger partial charge on any atom is -0.508 e. The lowest BCUT2D eigenvalue weighted by Crippen LogP contribution is -2.37. The minimum absolute atomic E-state index is 0.132. The summed E-state index contributed by atoms with van der Waals surface area (Å²) in [6, 6.07) is 29.0. The first-order valence-electron chi connectivity index (χ1n) is 10.8. The summed E-state index contributed by atoms with van der Waals surface area (Å²) in [5, 5.41) is 13.4. The van der Waals surface area contributed by atoms with Crippen LogP contribution in [0.15, 0.2) is 97.1 Å². The van der Waals surface area contributed by atoms with Gasteiger partial charge in [-0.1, -0.05) is 60.7 Å². The van der Waals surface area contributed by atoms with Crippen molar-refractivity contribution in [3.05, 3.63) is 103 Å². The Kier molecular flexibility index (Phi) is 4.41. The van der Waals surface area contributed by atoms with E-state index in [0.29, 0.717) is 5.69 Å². The van der Waals surface area contributed by atoms with E-state index in [4.69, 9.17) is 4.84 Å². The van der Waals surface area contributed by atoms with E-state index in [1.54, 1.807) is 35.4 Å². The number of hydrogen-bond acceptors (Lipinski definition) is 5. The van der Waals surface area contributed by atoms with Gasteiger partial charge in [0.05, 0.1) is 17.4 Å². The zero-order valence-electron chi connectivity index (χ0n) is 17.5. The highest BCUT2D eigenvalue weighted by molar-refractivity contribution is 6.24. The molecule has 3 unspecified atom stereocenters. The molecule has 162 valence electrons. The zero-order valence-corrected chi connectivity index (χ0v) is 17.5. The maximum absolute atomic E-state index is 13.7. The van der Waals surface area contributed by atoms with Crippen molar-refractivity contribution in [1.82, 2.24) is 0 Å². The van der Waals surface area contributed by atoms with E-state index < -0.39 is 18.1 Å². The van der Waals surface area contributed by atoms with Crippen molar-refractivity contribution in [2.75, 3.05) is 9.96 Å². The van der Waals surface area contributed by atoms with Crippen LogP contribution in [0.4, 0.5) is 11.4 Å². The van der Waals surface area contributed by atoms with Gasteiger partial charge >= 0.3 is 0 Å². The van der Waals surface area contributed by atoms with Crippen LogP contribution >= 0.6 is 0 Å². The number of amides is 2. The molecule has 6 rings (SSSR count). The smallest absolute Gasteiger partial charge is 0.266 e. The van der Waals surface area contributed by atoms with Gasteiger partial charge in [-0.2, -0.15) is 0 Å². The van der Waals surface area contributed by atoms with Gasteiger partial charge in [0.2, 0.25) is 5.91 Å². The van der Waals surface area contributed by atoms with Gasteiger partial charge in [-0.05, 0) is 52.7 Å². The van der Waals surface area contributed by atoms with Crippen molar-refractivity contribution in [3.8, 4) is 5.75 Å². The van der Waals surface area contributed by atoms with Crippen molar-refractivity contribution in [3.63, 3.8) is 0 Å². The van der Waals surface area contributed by atoms with Crippen LogP contribution in [0.1, 0.15) is 11.6 Å². The number of hydroxylamine groups is 1. The quantitative estimate of drug-likeness (QED) is 0.476. The van der Waals surface area contributed by atoms with E-state index in [9.17, 15) is 14.7 Å². The summed E-state index contributed by atoms with van der Waals surface area (Å²) in [6.45, 7) is 0. The molecule has 0 bridgehead atoms. The Morgan fingerprint density at radius 2 is 1.39 bits per heavy atom. The molecule has 2 aliphatic heterocycles. The molecule has 2 aliphatic rings. The van der Waals surface area contributed by atoms with Gasteiger partial charge in [0.1, 0.15) is 11.7 Å². The first kappa shape index (κ1) is 19.5. The Bertz CT molecular complexity index is 1370. The molecule has 2 saturated heterocycles. The molecule has 0 spiro atoms. The summed E-state index contributed by atoms with van der Waals surface area (Å²) in [5.41, 5.74) is 2.07. The average Bonchev–Trinajstić information content (AvgIpc) is 3.36. The van der Waals surface area contributed by atoms with Gasteiger partial charge in [0.15, 0.2) is 6.10 Å². The lowest BCUT2D eigenvalue weighted by molar-refractivity contribution is -0.126. The Morgan fingerprint density at radius 1 is 0.697 bits per heavy atom. The highest BCUT2D eigenvalue weighted by atomic mass is 16.7. The molecule has 0 aromatic heterocycles. The van der Waals surface area contributed by atoms with Crippen LogP contribution in [0.2, 0.25) is 0 Å². The second-order valence-corrected chi connectivity index (χ2v) is 8.29. The van der Waals surface area contributed by atoms with Crippen LogP contribution in [0.3, 0.4) is 0 Å². The molecule has 0 radical (unpaired) electrons. The molecule has 1 N–H and O–H groups in total. The van der Waals surface area contributed by atoms with E-state index in [-0.39, 0.29) is 17.6 Å². The van der Waals surface area contributed by atoms with Crippen LogP contribution in [0.5, 0.6) is 5.75 Å². The minimum atomic E-state index is -0.928. The number of rotatable bonds is 3. The number of anilines is 2. The van der Waals surface area contributed by atoms with Gasteiger partial charge in [0.25, 0.3) is 5.91 Å². The predicted octanol–water partition coefficient (Wildman–Crippen LogP) is 4.60. The number of phenols is 1. The number of fused-ring (bicyclic) bond motifs is 2. The molecule has 4 aromatic carbocycles. The van der Waals surface area contributed by atoms with Crippen LogP contribution in [0.25, 0.3) is 10.8 Å². The van der Waals surface area contributed by atoms with Crippen molar-refractivity contribution >= 4 is 34.0 Å². The molecule has 2 fully saturated rings. The summed E-state index contributed by atoms with van der Waals surface area (Å²) in [4.78, 5) is 34.6. The SMILES string of the molecule is O=C1C2ON(c3ccccc3)C(c3ccc(O)cc3)C2C(=O)N1c1ccc2ccccc2c1. The molecule has 6 heteroatoms. The molecule has 0 saturated carbocycles. The molecule has 4 aromatic rings. The molecule has 0 aliphatic carbocycles. The third kappa shape index (κ3) is 3.07. The molecular weight excluding hydrogens is 416 g/mol. The highest BCUT2D eigenvalue weighted by Gasteiger charge is 2.60. The number of hydrogen-bond donors (Lipinski definition) is 1. The topological polar surface area (TPSA) is 70.1 Å². The summed E-state index contributed by atoms with van der Waals surface area (Å²) >= 11 is 0. The lowest BCUT2D eigenvalue weighted by atomic mass is 9.90. The molecule has 2 heterocycles. The van der Waals surface area contributed by atoms with E-state index in [1.807, 2.05) is 66.7 Å². The fraction of sp³-hybridized carbons (Fsp3) is 0.111. The summed E-state index contributed by atoms with van der Waals surface area (Å²) in [5.74, 6) is -1.25. The number of carbonyl (C=O) groups is 2. The molecule has 3 atom stereocenters. The standard InChI is InChI=1S/C27H20N2O4/c30-22-14-11-18(12-15-22)24-23-25(33-29(24)20-8-2-1-3-9-20)27(32)28(26(23)31)21-13-10-17-6-4-5-7-19(17)16-21/h1-16,23-25,30H. The van der Waals surface area contributed by atoms with Crippen LogP contribution in [-0.4, -0.2) is 23.0 Å². The Morgan fingerprint density at radius 3 is 2.15 bits per heavy atom. The summed E-state index contributed by atoms with van der Waals surface area (Å²) in [6.07, 6.45) is -0.928. The van der Waals surface area contributed by atoms with E-state index >= 15 is 0 Å². The number of phenolic OH excluding ortho intramolecular Hbond substituents is 1. The van der Waals surface area contributed by atoms with Crippen molar-refractivity contribution in [2.24, 2.45) is 5.92 Å². The van der Waals surface area contributed by atoms with Gasteiger partial charge in [-0.25, -0.2) is 9.96 Å². The number of nitrogens with zero attached hydrogens (tertiary/aromatic N) is 2. The third-order valence-corrected chi connectivity index (χ3v) is 6.35. The number of para-hydroxylation sites is 1. The fourth-order valence-electron chi connectivity index (χ4n) is 4.79. The second-order valence-electron chi connectivity index (χ2n) is 8.29. The number of aromatic hydroxyl groups is 1. The number of benzene rings is 4. The summed E-state index contributed by atoms with van der Waals surface area (Å²) < 4.78 is 0. The predicted molar refractivity (Wildman–Crippen MR) is 125 cm³/mol. The van der Waals surface area contributed by atoms with Crippen LogP contribution < -0.4 is 9.96 Å². The number of carbonyl (C=O) groups excluding carboxylic acids is 2. The van der Waals surface area contributed by atoms with Gasteiger partial charge in [-0.15, -0.1) is 0 Å². The normalized spacial score (nSPS) is 22.2. The molecule has 33 heavy (non-hydrogen) atoms. The molecular formula is C27H20N2O4. The Hall–Kier alpha value is -4.16. The van der Waals surface area contributed by atoms with Gasteiger partial charge < -0.3 is 5.11 Å². The molecule has 6 nitrogen and oxygen atoms in total. The van der Waals surface area contributed by atoms with Gasteiger partial charge in [0, 0.05) is 0 Å². The second kappa shape index (κ2) is 7.46. The Balaban J connectivity index is 1.43. The van der Waals surface area contributed by atoms with Crippen LogP contribution in [-0.2, 0) is 14.4 Å². The largest absolute Gasteiger partial charge is 0.508 e. The summed E-state index contributed by atoms with van der Waals surface area (Å²) in [7, 11) is 0. The Labute approximate surface area is 190 Å². The van der Waals surface area contributed by atoms with E-state index in [0.717, 1.165) is 22.0 Å². The highest BCUT2D eigenvalue weighted by Crippen LogP contribution is 2.47. The maximum Gasteiger partial charge on any atom is 0.266 e.